The lowest BCUT2D eigenvalue weighted by Crippen LogP contribution is -2.48. The van der Waals surface area contributed by atoms with E-state index in [0.717, 1.165) is 36.4 Å². The van der Waals surface area contributed by atoms with E-state index >= 15 is 4.79 Å². The van der Waals surface area contributed by atoms with Crippen LogP contribution in [0.5, 0.6) is 11.5 Å². The Kier molecular flexibility index (Phi) is 14.1. The third kappa shape index (κ3) is 10.5. The fraction of sp³-hybridized carbons (Fsp3) is 0.521. The molecule has 2 aromatic heterocycles. The molecule has 15 heteroatoms. The Morgan fingerprint density at radius 2 is 1.84 bits per heavy atom. The summed E-state index contributed by atoms with van der Waals surface area (Å²) in [4.78, 5) is 66.5. The maximum atomic E-state index is 15.0. The fourth-order valence-corrected chi connectivity index (χ4v) is 12.8. The number of carbonyl (C=O) groups is 3. The Morgan fingerprint density at radius 3 is 2.51 bits per heavy atom. The van der Waals surface area contributed by atoms with E-state index in [2.05, 4.69) is 11.9 Å². The molecule has 1 unspecified atom stereocenters. The van der Waals surface area contributed by atoms with Crippen molar-refractivity contribution >= 4 is 64.0 Å². The number of ketones is 1. The van der Waals surface area contributed by atoms with Gasteiger partial charge in [0.1, 0.15) is 29.4 Å². The lowest BCUT2D eigenvalue weighted by Gasteiger charge is -2.35. The average molecular weight is 920 g/mol. The van der Waals surface area contributed by atoms with Gasteiger partial charge in [-0.25, -0.2) is 9.97 Å². The van der Waals surface area contributed by atoms with E-state index in [0.29, 0.717) is 45.2 Å². The Balaban J connectivity index is 1.21. The van der Waals surface area contributed by atoms with Crippen molar-refractivity contribution in [3.05, 3.63) is 77.2 Å². The number of thiazole rings is 1. The summed E-state index contributed by atoms with van der Waals surface area (Å²) in [6.45, 7) is 13.8. The summed E-state index contributed by atoms with van der Waals surface area (Å²) in [6.07, 6.45) is 4.76. The standard InChI is InChI=1S/C48H60ClN4O8PS/c1-8-31-25-48(31,62(57,58)20-19-30-13-9-12-16-37(30)49)26-42(54)41-22-34(27-53(41)45(56)36(47(4,5)6)23-44(55)61-32-14-10-11-15-32)60-43-24-39(40-28-63-46(52-40)50-29(2)3)51-38-21-33(59-7)17-18-35(38)43/h8-9,12-13,16-18,21,24,28-29,31-32,34,36,41H,1,10-11,14-15,19-20,22-23,25-27H2,2-7H3,(H,50,52)(H,57,58)/t31-,34-,36-,41+,48-/m1/s1. The molecule has 2 aliphatic carbocycles. The molecule has 2 N–H and O–H groups in total. The molecule has 63 heavy (non-hydrogen) atoms. The minimum Gasteiger partial charge on any atom is -0.497 e. The van der Waals surface area contributed by atoms with Crippen LogP contribution >= 0.6 is 30.3 Å². The van der Waals surface area contributed by atoms with Crippen molar-refractivity contribution in [2.24, 2.45) is 17.3 Å². The number of amides is 1. The molecule has 2 aromatic carbocycles. The molecule has 12 nitrogen and oxygen atoms in total. The van der Waals surface area contributed by atoms with Crippen LogP contribution in [0.4, 0.5) is 5.13 Å². The summed E-state index contributed by atoms with van der Waals surface area (Å²) >= 11 is 7.90. The number of methoxy groups -OCH3 is 1. The van der Waals surface area contributed by atoms with Gasteiger partial charge in [0.2, 0.25) is 13.3 Å². The van der Waals surface area contributed by atoms with Gasteiger partial charge >= 0.3 is 5.97 Å². The molecule has 3 heterocycles. The molecule has 6 atom stereocenters. The van der Waals surface area contributed by atoms with Crippen molar-refractivity contribution in [3.63, 3.8) is 0 Å². The summed E-state index contributed by atoms with van der Waals surface area (Å²) in [7, 11) is -2.39. The minimum atomic E-state index is -3.98. The van der Waals surface area contributed by atoms with Crippen molar-refractivity contribution < 1.29 is 38.1 Å². The number of pyridine rings is 1. The van der Waals surface area contributed by atoms with Crippen molar-refractivity contribution in [2.75, 3.05) is 25.1 Å². The van der Waals surface area contributed by atoms with Crippen molar-refractivity contribution in [1.82, 2.24) is 14.9 Å². The highest BCUT2D eigenvalue weighted by molar-refractivity contribution is 7.60. The highest BCUT2D eigenvalue weighted by atomic mass is 35.5. The maximum Gasteiger partial charge on any atom is 0.306 e. The van der Waals surface area contributed by atoms with Crippen LogP contribution in [0.3, 0.4) is 0 Å². The number of aryl methyl sites for hydroxylation is 1. The first-order chi connectivity index (χ1) is 29.9. The molecule has 4 aromatic rings. The molecule has 1 amide bonds. The van der Waals surface area contributed by atoms with E-state index in [1.807, 2.05) is 82.5 Å². The molecule has 0 radical (unpaired) electrons. The van der Waals surface area contributed by atoms with Gasteiger partial charge in [0.05, 0.1) is 48.4 Å². The SMILES string of the molecule is C=C[C@@H]1C[C@]1(CC(=O)[C@@H]1C[C@@H](Oc2cc(-c3csc(NC(C)C)n3)nc3cc(OC)ccc23)CN1C(=O)[C@@H](CC(=O)OC1CCCC1)C(C)(C)C)P(=O)(O)CCc1ccccc1Cl. The van der Waals surface area contributed by atoms with Crippen LogP contribution in [0.2, 0.25) is 5.02 Å². The van der Waals surface area contributed by atoms with Gasteiger partial charge in [-0.1, -0.05) is 56.6 Å². The number of anilines is 1. The second kappa shape index (κ2) is 19.0. The molecule has 1 aliphatic heterocycles. The Bertz CT molecular complexity index is 2390. The highest BCUT2D eigenvalue weighted by Crippen LogP contribution is 2.73. The fourth-order valence-electron chi connectivity index (χ4n) is 9.19. The number of hydrogen-bond acceptors (Lipinski definition) is 11. The van der Waals surface area contributed by atoms with Gasteiger partial charge in [0.15, 0.2) is 10.9 Å². The van der Waals surface area contributed by atoms with Crippen LogP contribution in [0.1, 0.15) is 91.5 Å². The van der Waals surface area contributed by atoms with E-state index in [1.54, 1.807) is 24.2 Å². The zero-order valence-corrected chi connectivity index (χ0v) is 39.6. The van der Waals surface area contributed by atoms with Crippen LogP contribution in [0, 0.1) is 17.3 Å². The largest absolute Gasteiger partial charge is 0.497 e. The summed E-state index contributed by atoms with van der Waals surface area (Å²) in [5.41, 5.74) is 1.93. The molecular formula is C48H60ClN4O8PS. The molecule has 0 spiro atoms. The van der Waals surface area contributed by atoms with Gasteiger partial charge in [-0.3, -0.25) is 18.9 Å². The van der Waals surface area contributed by atoms with Crippen LogP contribution in [0.25, 0.3) is 22.3 Å². The number of halogens is 1. The van der Waals surface area contributed by atoms with Gasteiger partial charge in [-0.05, 0) is 87.5 Å². The summed E-state index contributed by atoms with van der Waals surface area (Å²) in [5, 5.41) is 6.02. The Hall–Kier alpha value is -4.29. The summed E-state index contributed by atoms with van der Waals surface area (Å²) in [5.74, 6) is -1.18. The first kappa shape index (κ1) is 46.7. The number of allylic oxidation sites excluding steroid dienone is 1. The third-order valence-electron chi connectivity index (χ3n) is 12.9. The smallest absolute Gasteiger partial charge is 0.306 e. The lowest BCUT2D eigenvalue weighted by atomic mass is 9.77. The summed E-state index contributed by atoms with van der Waals surface area (Å²) in [6, 6.07) is 13.8. The molecule has 1 saturated heterocycles. The highest BCUT2D eigenvalue weighted by Gasteiger charge is 2.65. The molecule has 0 bridgehead atoms. The van der Waals surface area contributed by atoms with Crippen LogP contribution < -0.4 is 14.8 Å². The molecule has 3 aliphatic rings. The number of aromatic nitrogens is 2. The first-order valence-corrected chi connectivity index (χ1v) is 25.1. The van der Waals surface area contributed by atoms with E-state index in [9.17, 15) is 19.0 Å². The average Bonchev–Trinajstić information content (AvgIpc) is 3.63. The van der Waals surface area contributed by atoms with Gasteiger partial charge in [0.25, 0.3) is 0 Å². The number of rotatable bonds is 18. The molecule has 7 rings (SSSR count). The third-order valence-corrected chi connectivity index (χ3v) is 16.9. The molecular weight excluding hydrogens is 859 g/mol. The van der Waals surface area contributed by atoms with Crippen molar-refractivity contribution in [1.29, 1.82) is 0 Å². The van der Waals surface area contributed by atoms with Gasteiger partial charge in [-0.15, -0.1) is 17.9 Å². The molecule has 338 valence electrons. The number of fused-ring (bicyclic) bond motifs is 1. The predicted octanol–water partition coefficient (Wildman–Crippen LogP) is 10.1. The maximum absolute atomic E-state index is 15.0. The van der Waals surface area contributed by atoms with Gasteiger partial charge in [0, 0.05) is 53.0 Å². The topological polar surface area (TPSA) is 157 Å². The molecule has 2 saturated carbocycles. The van der Waals surface area contributed by atoms with E-state index in [4.69, 9.17) is 35.8 Å². The van der Waals surface area contributed by atoms with Crippen LogP contribution in [-0.4, -0.2) is 86.7 Å². The summed E-state index contributed by atoms with van der Waals surface area (Å²) < 4.78 is 32.7. The Morgan fingerprint density at radius 1 is 1.10 bits per heavy atom. The first-order valence-electron chi connectivity index (χ1n) is 22.0. The van der Waals surface area contributed by atoms with Gasteiger partial charge in [-0.2, -0.15) is 0 Å². The number of esters is 1. The van der Waals surface area contributed by atoms with Crippen LogP contribution in [0.15, 0.2) is 66.6 Å². The van der Waals surface area contributed by atoms with E-state index in [-0.39, 0.29) is 68.1 Å². The van der Waals surface area contributed by atoms with Crippen molar-refractivity contribution in [3.8, 4) is 22.9 Å². The molecule has 3 fully saturated rings. The van der Waals surface area contributed by atoms with Gasteiger partial charge < -0.3 is 29.3 Å². The number of nitrogens with one attached hydrogen (secondary N) is 1. The second-order valence-electron chi connectivity index (χ2n) is 18.8. The van der Waals surface area contributed by atoms with E-state index < -0.39 is 42.0 Å². The monoisotopic (exact) mass is 918 g/mol. The second-order valence-corrected chi connectivity index (χ2v) is 22.8. The van der Waals surface area contributed by atoms with Crippen LogP contribution in [-0.2, 0) is 30.1 Å². The number of likely N-dealkylation sites (tertiary alicyclic amines) is 1. The number of ether oxygens (including phenoxy) is 3. The number of hydrogen-bond donors (Lipinski definition) is 2. The number of benzene rings is 2. The van der Waals surface area contributed by atoms with E-state index in [1.165, 1.54) is 11.3 Å². The zero-order valence-electron chi connectivity index (χ0n) is 37.1. The van der Waals surface area contributed by atoms with Crippen molar-refractivity contribution in [2.45, 2.75) is 122 Å². The minimum absolute atomic E-state index is 0.0507. The number of Topliss-reactive ketones (excluding diaryl/α,β-unsaturated/α-hetero) is 1. The quantitative estimate of drug-likeness (QED) is 0.0556. The lowest BCUT2D eigenvalue weighted by molar-refractivity contribution is -0.156. The Labute approximate surface area is 379 Å². The number of carbonyl (C=O) groups excluding carboxylic acids is 3. The predicted molar refractivity (Wildman–Crippen MR) is 249 cm³/mol. The zero-order chi connectivity index (χ0) is 45.3. The normalized spacial score (nSPS) is 22.7. The number of nitrogens with zero attached hydrogens (tertiary/aromatic N) is 3.